The van der Waals surface area contributed by atoms with E-state index in [0.29, 0.717) is 16.6 Å². The van der Waals surface area contributed by atoms with Gasteiger partial charge in [0.1, 0.15) is 11.9 Å². The van der Waals surface area contributed by atoms with Crippen LogP contribution in [0.5, 0.6) is 0 Å². The number of rotatable bonds is 2. The van der Waals surface area contributed by atoms with Gasteiger partial charge in [-0.2, -0.15) is 18.4 Å². The molecule has 2 aromatic carbocycles. The number of nitrogens with one attached hydrogen (secondary N) is 1. The number of nitriles is 1. The SMILES string of the molecule is N#Cc1cc(Br)ccc1Nc1cc(C(F)(F)F)ccc1F. The molecule has 21 heavy (non-hydrogen) atoms. The predicted octanol–water partition coefficient (Wildman–Crippen LogP) is 5.22. The van der Waals surface area contributed by atoms with E-state index >= 15 is 0 Å². The van der Waals surface area contributed by atoms with Crippen LogP contribution in [0.4, 0.5) is 28.9 Å². The Hall–Kier alpha value is -2.07. The highest BCUT2D eigenvalue weighted by molar-refractivity contribution is 9.10. The number of hydrogen-bond acceptors (Lipinski definition) is 2. The van der Waals surface area contributed by atoms with E-state index in [9.17, 15) is 17.6 Å². The molecule has 108 valence electrons. The molecule has 2 nitrogen and oxygen atoms in total. The third-order valence-corrected chi connectivity index (χ3v) is 3.16. The van der Waals surface area contributed by atoms with Crippen LogP contribution >= 0.6 is 15.9 Å². The van der Waals surface area contributed by atoms with Crippen LogP contribution in [-0.4, -0.2) is 0 Å². The van der Waals surface area contributed by atoms with Crippen molar-refractivity contribution < 1.29 is 17.6 Å². The van der Waals surface area contributed by atoms with Crippen LogP contribution < -0.4 is 5.32 Å². The zero-order valence-corrected chi connectivity index (χ0v) is 11.9. The van der Waals surface area contributed by atoms with E-state index in [-0.39, 0.29) is 16.9 Å². The van der Waals surface area contributed by atoms with Crippen LogP contribution in [0.15, 0.2) is 40.9 Å². The summed E-state index contributed by atoms with van der Waals surface area (Å²) in [5.41, 5.74) is -0.911. The molecule has 0 heterocycles. The summed E-state index contributed by atoms with van der Waals surface area (Å²) in [5, 5.41) is 11.5. The Kier molecular flexibility index (Phi) is 4.19. The van der Waals surface area contributed by atoms with Gasteiger partial charge in [-0.25, -0.2) is 4.39 Å². The minimum Gasteiger partial charge on any atom is -0.352 e. The highest BCUT2D eigenvalue weighted by Crippen LogP contribution is 2.33. The molecule has 0 unspecified atom stereocenters. The molecule has 0 atom stereocenters. The summed E-state index contributed by atoms with van der Waals surface area (Å²) in [6.45, 7) is 0. The van der Waals surface area contributed by atoms with Gasteiger partial charge < -0.3 is 5.32 Å². The molecule has 0 aliphatic rings. The predicted molar refractivity (Wildman–Crippen MR) is 73.5 cm³/mol. The Morgan fingerprint density at radius 3 is 2.38 bits per heavy atom. The van der Waals surface area contributed by atoms with Crippen molar-refractivity contribution in [2.24, 2.45) is 0 Å². The van der Waals surface area contributed by atoms with Crippen LogP contribution in [0.25, 0.3) is 0 Å². The lowest BCUT2D eigenvalue weighted by molar-refractivity contribution is -0.137. The van der Waals surface area contributed by atoms with E-state index in [1.54, 1.807) is 6.07 Å². The van der Waals surface area contributed by atoms with E-state index in [1.165, 1.54) is 12.1 Å². The molecule has 2 rings (SSSR count). The van der Waals surface area contributed by atoms with Crippen molar-refractivity contribution in [3.8, 4) is 6.07 Å². The summed E-state index contributed by atoms with van der Waals surface area (Å²) in [5.74, 6) is -0.838. The Morgan fingerprint density at radius 2 is 1.76 bits per heavy atom. The first-order valence-corrected chi connectivity index (χ1v) is 6.44. The molecule has 0 aliphatic carbocycles. The van der Waals surface area contributed by atoms with Crippen molar-refractivity contribution in [1.82, 2.24) is 0 Å². The molecule has 0 spiro atoms. The smallest absolute Gasteiger partial charge is 0.352 e. The Morgan fingerprint density at radius 1 is 1.05 bits per heavy atom. The van der Waals surface area contributed by atoms with Gasteiger partial charge in [0.05, 0.1) is 22.5 Å². The van der Waals surface area contributed by atoms with Crippen LogP contribution in [0.3, 0.4) is 0 Å². The molecule has 0 saturated heterocycles. The number of hydrogen-bond donors (Lipinski definition) is 1. The maximum absolute atomic E-state index is 13.6. The third kappa shape index (κ3) is 3.52. The van der Waals surface area contributed by atoms with E-state index in [4.69, 9.17) is 5.26 Å². The fourth-order valence-electron chi connectivity index (χ4n) is 1.66. The lowest BCUT2D eigenvalue weighted by atomic mass is 10.1. The van der Waals surface area contributed by atoms with Gasteiger partial charge in [-0.3, -0.25) is 0 Å². The zero-order valence-electron chi connectivity index (χ0n) is 10.3. The van der Waals surface area contributed by atoms with Crippen LogP contribution in [0.2, 0.25) is 0 Å². The third-order valence-electron chi connectivity index (χ3n) is 2.67. The normalized spacial score (nSPS) is 11.0. The standard InChI is InChI=1S/C14H7BrF4N2/c15-10-2-4-12(8(5-10)7-20)21-13-6-9(14(17,18)19)1-3-11(13)16/h1-6,21H. The van der Waals surface area contributed by atoms with Crippen LogP contribution in [0, 0.1) is 17.1 Å². The summed E-state index contributed by atoms with van der Waals surface area (Å²) in [4.78, 5) is 0. The van der Waals surface area contributed by atoms with E-state index in [1.807, 2.05) is 6.07 Å². The van der Waals surface area contributed by atoms with Crippen LogP contribution in [-0.2, 0) is 6.18 Å². The first-order chi connectivity index (χ1) is 9.81. The van der Waals surface area contributed by atoms with Gasteiger partial charge in [0.2, 0.25) is 0 Å². The molecule has 0 amide bonds. The summed E-state index contributed by atoms with van der Waals surface area (Å²) in [6.07, 6.45) is -4.57. The second-order valence-corrected chi connectivity index (χ2v) is 5.03. The Balaban J connectivity index is 2.43. The molecular formula is C14H7BrF4N2. The zero-order chi connectivity index (χ0) is 15.6. The fourth-order valence-corrected chi connectivity index (χ4v) is 2.02. The van der Waals surface area contributed by atoms with Crippen molar-refractivity contribution in [2.45, 2.75) is 6.18 Å². The van der Waals surface area contributed by atoms with Crippen molar-refractivity contribution in [1.29, 1.82) is 5.26 Å². The maximum atomic E-state index is 13.6. The van der Waals surface area contributed by atoms with Crippen molar-refractivity contribution >= 4 is 27.3 Å². The molecule has 0 aromatic heterocycles. The molecule has 7 heteroatoms. The second kappa shape index (κ2) is 5.74. The van der Waals surface area contributed by atoms with Gasteiger partial charge in [-0.05, 0) is 36.4 Å². The highest BCUT2D eigenvalue weighted by Gasteiger charge is 2.31. The van der Waals surface area contributed by atoms with Gasteiger partial charge in [0.25, 0.3) is 0 Å². The van der Waals surface area contributed by atoms with Crippen molar-refractivity contribution in [3.05, 3.63) is 57.8 Å². The molecule has 0 bridgehead atoms. The molecule has 2 aromatic rings. The average molecular weight is 359 g/mol. The van der Waals surface area contributed by atoms with Gasteiger partial charge in [0.15, 0.2) is 0 Å². The second-order valence-electron chi connectivity index (χ2n) is 4.12. The van der Waals surface area contributed by atoms with Gasteiger partial charge in [-0.15, -0.1) is 0 Å². The van der Waals surface area contributed by atoms with Gasteiger partial charge in [0, 0.05) is 4.47 Å². The Bertz CT molecular complexity index is 720. The van der Waals surface area contributed by atoms with E-state index in [2.05, 4.69) is 21.2 Å². The van der Waals surface area contributed by atoms with Crippen molar-refractivity contribution in [3.63, 3.8) is 0 Å². The van der Waals surface area contributed by atoms with E-state index < -0.39 is 17.6 Å². The molecule has 0 aliphatic heterocycles. The maximum Gasteiger partial charge on any atom is 0.416 e. The molecular weight excluding hydrogens is 352 g/mol. The van der Waals surface area contributed by atoms with Crippen LogP contribution in [0.1, 0.15) is 11.1 Å². The fraction of sp³-hybridized carbons (Fsp3) is 0.0714. The van der Waals surface area contributed by atoms with E-state index in [0.717, 1.165) is 6.07 Å². The summed E-state index contributed by atoms with van der Waals surface area (Å²) in [7, 11) is 0. The largest absolute Gasteiger partial charge is 0.416 e. The minimum absolute atomic E-state index is 0.182. The summed E-state index contributed by atoms with van der Waals surface area (Å²) in [6, 6.07) is 8.49. The topological polar surface area (TPSA) is 35.8 Å². The highest BCUT2D eigenvalue weighted by atomic mass is 79.9. The number of anilines is 2. The first-order valence-electron chi connectivity index (χ1n) is 5.64. The van der Waals surface area contributed by atoms with Gasteiger partial charge in [-0.1, -0.05) is 15.9 Å². The summed E-state index contributed by atoms with van der Waals surface area (Å²) < 4.78 is 52.2. The first kappa shape index (κ1) is 15.3. The number of halogens is 5. The lowest BCUT2D eigenvalue weighted by Crippen LogP contribution is -2.06. The average Bonchev–Trinajstić information content (AvgIpc) is 2.41. The van der Waals surface area contributed by atoms with Crippen molar-refractivity contribution in [2.75, 3.05) is 5.32 Å². The van der Waals surface area contributed by atoms with Gasteiger partial charge >= 0.3 is 6.18 Å². The minimum atomic E-state index is -4.57. The monoisotopic (exact) mass is 358 g/mol. The lowest BCUT2D eigenvalue weighted by Gasteiger charge is -2.12. The molecule has 0 radical (unpaired) electrons. The summed E-state index contributed by atoms with van der Waals surface area (Å²) >= 11 is 3.17. The molecule has 0 saturated carbocycles. The number of benzene rings is 2. The number of nitrogens with zero attached hydrogens (tertiary/aromatic N) is 1. The quantitative estimate of drug-likeness (QED) is 0.746. The Labute approximate surface area is 126 Å². The number of alkyl halides is 3. The molecule has 0 fully saturated rings. The molecule has 1 N–H and O–H groups in total.